The molecule has 0 atom stereocenters. The zero-order chi connectivity index (χ0) is 15.2. The SMILES string of the molecule is COc1ccc(C)cc1NC(=O)CCc1ccc(N)cc1. The maximum Gasteiger partial charge on any atom is 0.224 e. The number of carbonyl (C=O) groups excluding carboxylic acids is 1. The predicted molar refractivity (Wildman–Crippen MR) is 85.5 cm³/mol. The number of benzene rings is 2. The molecule has 2 aromatic rings. The van der Waals surface area contributed by atoms with Crippen LogP contribution in [-0.4, -0.2) is 13.0 Å². The quantitative estimate of drug-likeness (QED) is 0.829. The molecule has 0 fully saturated rings. The van der Waals surface area contributed by atoms with Crippen LogP contribution in [0.15, 0.2) is 42.5 Å². The third kappa shape index (κ3) is 4.24. The number of nitrogens with two attached hydrogens (primary N) is 1. The highest BCUT2D eigenvalue weighted by Crippen LogP contribution is 2.25. The lowest BCUT2D eigenvalue weighted by Gasteiger charge is -2.11. The lowest BCUT2D eigenvalue weighted by molar-refractivity contribution is -0.116. The molecule has 0 radical (unpaired) electrons. The lowest BCUT2D eigenvalue weighted by atomic mass is 10.1. The van der Waals surface area contributed by atoms with Gasteiger partial charge in [-0.05, 0) is 48.7 Å². The Morgan fingerprint density at radius 2 is 1.90 bits per heavy atom. The fourth-order valence-electron chi connectivity index (χ4n) is 2.07. The third-order valence-electron chi connectivity index (χ3n) is 3.25. The van der Waals surface area contributed by atoms with Crippen LogP contribution in [0.4, 0.5) is 11.4 Å². The molecule has 3 N–H and O–H groups in total. The van der Waals surface area contributed by atoms with Crippen LogP contribution in [0.2, 0.25) is 0 Å². The van der Waals surface area contributed by atoms with Crippen LogP contribution in [0.25, 0.3) is 0 Å². The smallest absolute Gasteiger partial charge is 0.224 e. The first-order valence-corrected chi connectivity index (χ1v) is 6.87. The molecule has 0 saturated heterocycles. The Labute approximate surface area is 124 Å². The molecule has 2 rings (SSSR count). The van der Waals surface area contributed by atoms with Crippen LogP contribution in [0.1, 0.15) is 17.5 Å². The molecule has 0 heterocycles. The summed E-state index contributed by atoms with van der Waals surface area (Å²) < 4.78 is 5.25. The van der Waals surface area contributed by atoms with Crippen molar-refractivity contribution in [1.29, 1.82) is 0 Å². The third-order valence-corrected chi connectivity index (χ3v) is 3.25. The van der Waals surface area contributed by atoms with Crippen molar-refractivity contribution in [3.05, 3.63) is 53.6 Å². The van der Waals surface area contributed by atoms with Crippen molar-refractivity contribution in [1.82, 2.24) is 0 Å². The Balaban J connectivity index is 1.95. The second kappa shape index (κ2) is 6.79. The van der Waals surface area contributed by atoms with Gasteiger partial charge in [0.1, 0.15) is 5.75 Å². The van der Waals surface area contributed by atoms with Crippen molar-refractivity contribution in [3.8, 4) is 5.75 Å². The van der Waals surface area contributed by atoms with Gasteiger partial charge in [-0.15, -0.1) is 0 Å². The molecule has 0 aliphatic heterocycles. The maximum atomic E-state index is 12.0. The second-order valence-corrected chi connectivity index (χ2v) is 4.99. The molecular formula is C17H20N2O2. The molecule has 110 valence electrons. The monoisotopic (exact) mass is 284 g/mol. The molecule has 0 aliphatic carbocycles. The zero-order valence-electron chi connectivity index (χ0n) is 12.3. The molecule has 4 nitrogen and oxygen atoms in total. The van der Waals surface area contributed by atoms with E-state index < -0.39 is 0 Å². The van der Waals surface area contributed by atoms with Crippen LogP contribution in [0.5, 0.6) is 5.75 Å². The molecule has 0 spiro atoms. The topological polar surface area (TPSA) is 64.3 Å². The minimum absolute atomic E-state index is 0.0317. The van der Waals surface area contributed by atoms with Crippen molar-refractivity contribution in [2.45, 2.75) is 19.8 Å². The number of hydrogen-bond donors (Lipinski definition) is 2. The van der Waals surface area contributed by atoms with E-state index in [-0.39, 0.29) is 5.91 Å². The second-order valence-electron chi connectivity index (χ2n) is 4.99. The fraction of sp³-hybridized carbons (Fsp3) is 0.235. The fourth-order valence-corrected chi connectivity index (χ4v) is 2.07. The molecule has 0 saturated carbocycles. The molecule has 0 bridgehead atoms. The summed E-state index contributed by atoms with van der Waals surface area (Å²) in [5.41, 5.74) is 9.24. The Bertz CT molecular complexity index is 621. The van der Waals surface area contributed by atoms with E-state index >= 15 is 0 Å². The summed E-state index contributed by atoms with van der Waals surface area (Å²) in [4.78, 5) is 12.0. The van der Waals surface area contributed by atoms with Gasteiger partial charge in [0.15, 0.2) is 0 Å². The van der Waals surface area contributed by atoms with Crippen LogP contribution in [0.3, 0.4) is 0 Å². The number of hydrogen-bond acceptors (Lipinski definition) is 3. The Hall–Kier alpha value is -2.49. The first kappa shape index (κ1) is 14.9. The number of nitrogens with one attached hydrogen (secondary N) is 1. The summed E-state index contributed by atoms with van der Waals surface area (Å²) in [6, 6.07) is 13.3. The average molecular weight is 284 g/mol. The van der Waals surface area contributed by atoms with E-state index in [1.165, 1.54) is 0 Å². The van der Waals surface area contributed by atoms with Gasteiger partial charge in [0, 0.05) is 12.1 Å². The Morgan fingerprint density at radius 3 is 2.57 bits per heavy atom. The number of rotatable bonds is 5. The summed E-state index contributed by atoms with van der Waals surface area (Å²) in [5, 5.41) is 2.90. The van der Waals surface area contributed by atoms with Gasteiger partial charge in [-0.25, -0.2) is 0 Å². The zero-order valence-corrected chi connectivity index (χ0v) is 12.3. The van der Waals surface area contributed by atoms with E-state index in [0.29, 0.717) is 24.3 Å². The van der Waals surface area contributed by atoms with Gasteiger partial charge in [0.25, 0.3) is 0 Å². The minimum Gasteiger partial charge on any atom is -0.495 e. The number of aryl methyl sites for hydroxylation is 2. The van der Waals surface area contributed by atoms with Crippen LogP contribution in [0, 0.1) is 6.92 Å². The molecule has 0 aromatic heterocycles. The van der Waals surface area contributed by atoms with Crippen molar-refractivity contribution in [2.24, 2.45) is 0 Å². The first-order chi connectivity index (χ1) is 10.1. The molecule has 2 aromatic carbocycles. The molecule has 0 aliphatic rings. The number of anilines is 2. The van der Waals surface area contributed by atoms with Crippen molar-refractivity contribution in [2.75, 3.05) is 18.2 Å². The summed E-state index contributed by atoms with van der Waals surface area (Å²) >= 11 is 0. The van der Waals surface area contributed by atoms with Crippen molar-refractivity contribution in [3.63, 3.8) is 0 Å². The number of carbonyl (C=O) groups is 1. The summed E-state index contributed by atoms with van der Waals surface area (Å²) in [6.45, 7) is 1.98. The number of ether oxygens (including phenoxy) is 1. The molecule has 21 heavy (non-hydrogen) atoms. The molecule has 0 unspecified atom stereocenters. The maximum absolute atomic E-state index is 12.0. The highest BCUT2D eigenvalue weighted by atomic mass is 16.5. The average Bonchev–Trinajstić information content (AvgIpc) is 2.47. The largest absolute Gasteiger partial charge is 0.495 e. The van der Waals surface area contributed by atoms with Gasteiger partial charge >= 0.3 is 0 Å². The molecule has 1 amide bonds. The first-order valence-electron chi connectivity index (χ1n) is 6.87. The summed E-state index contributed by atoms with van der Waals surface area (Å²) in [5.74, 6) is 0.636. The van der Waals surface area contributed by atoms with Gasteiger partial charge < -0.3 is 15.8 Å². The number of amides is 1. The van der Waals surface area contributed by atoms with Crippen LogP contribution < -0.4 is 15.8 Å². The lowest BCUT2D eigenvalue weighted by Crippen LogP contribution is -2.13. The molecule has 4 heteroatoms. The van der Waals surface area contributed by atoms with E-state index in [4.69, 9.17) is 10.5 Å². The van der Waals surface area contributed by atoms with Gasteiger partial charge in [-0.3, -0.25) is 4.79 Å². The van der Waals surface area contributed by atoms with E-state index in [2.05, 4.69) is 5.32 Å². The van der Waals surface area contributed by atoms with E-state index in [0.717, 1.165) is 16.8 Å². The Morgan fingerprint density at radius 1 is 1.19 bits per heavy atom. The normalized spacial score (nSPS) is 10.2. The van der Waals surface area contributed by atoms with Crippen molar-refractivity contribution < 1.29 is 9.53 Å². The Kier molecular flexibility index (Phi) is 4.82. The van der Waals surface area contributed by atoms with E-state index in [1.807, 2.05) is 49.4 Å². The predicted octanol–water partition coefficient (Wildman–Crippen LogP) is 3.16. The van der Waals surface area contributed by atoms with Crippen LogP contribution in [-0.2, 0) is 11.2 Å². The highest BCUT2D eigenvalue weighted by molar-refractivity contribution is 5.92. The van der Waals surface area contributed by atoms with E-state index in [1.54, 1.807) is 7.11 Å². The molecular weight excluding hydrogens is 264 g/mol. The van der Waals surface area contributed by atoms with E-state index in [9.17, 15) is 4.79 Å². The minimum atomic E-state index is -0.0317. The van der Waals surface area contributed by atoms with Gasteiger partial charge in [0.05, 0.1) is 12.8 Å². The summed E-state index contributed by atoms with van der Waals surface area (Å²) in [7, 11) is 1.59. The van der Waals surface area contributed by atoms with Gasteiger partial charge in [-0.2, -0.15) is 0 Å². The highest BCUT2D eigenvalue weighted by Gasteiger charge is 2.08. The van der Waals surface area contributed by atoms with Crippen LogP contribution >= 0.6 is 0 Å². The van der Waals surface area contributed by atoms with Gasteiger partial charge in [-0.1, -0.05) is 18.2 Å². The number of methoxy groups -OCH3 is 1. The van der Waals surface area contributed by atoms with Gasteiger partial charge in [0.2, 0.25) is 5.91 Å². The summed E-state index contributed by atoms with van der Waals surface area (Å²) in [6.07, 6.45) is 1.10. The number of nitrogen functional groups attached to an aromatic ring is 1. The standard InChI is InChI=1S/C17H20N2O2/c1-12-3-9-16(21-2)15(11-12)19-17(20)10-6-13-4-7-14(18)8-5-13/h3-5,7-9,11H,6,10,18H2,1-2H3,(H,19,20). The van der Waals surface area contributed by atoms with Crippen molar-refractivity contribution >= 4 is 17.3 Å².